The molecule has 0 saturated heterocycles. The molecular formula is C23H34O6. The van der Waals surface area contributed by atoms with Gasteiger partial charge in [-0.25, -0.2) is 0 Å². The standard InChI is InChI=1S/C23H34O6/c1-14(24)28-13-22-9-4-5-10-23(22,27)20(29-15(2)25)12-16-17-6-7-19(26)21(17,3)11-8-18(16)22/h16-18,20,27H,4-13H2,1-3H3/t16-,17-,18-,20-,21-,22-,23-/m0/s1. The van der Waals surface area contributed by atoms with Crippen LogP contribution in [0.15, 0.2) is 0 Å². The van der Waals surface area contributed by atoms with Crippen LogP contribution in [0.25, 0.3) is 0 Å². The third-order valence-electron chi connectivity index (χ3n) is 9.01. The lowest BCUT2D eigenvalue weighted by Gasteiger charge is -2.65. The number of carbonyl (C=O) groups is 3. The molecule has 29 heavy (non-hydrogen) atoms. The summed E-state index contributed by atoms with van der Waals surface area (Å²) in [6.07, 6.45) is 6.27. The molecule has 4 rings (SSSR count). The van der Waals surface area contributed by atoms with Crippen LogP contribution in [0.1, 0.15) is 78.6 Å². The van der Waals surface area contributed by atoms with E-state index in [2.05, 4.69) is 6.92 Å². The van der Waals surface area contributed by atoms with E-state index in [0.29, 0.717) is 25.0 Å². The highest BCUT2D eigenvalue weighted by atomic mass is 16.6. The fourth-order valence-electron chi connectivity index (χ4n) is 7.68. The van der Waals surface area contributed by atoms with Gasteiger partial charge in [-0.1, -0.05) is 19.8 Å². The second kappa shape index (κ2) is 7.07. The van der Waals surface area contributed by atoms with Gasteiger partial charge in [-0.15, -0.1) is 0 Å². The number of carbonyl (C=O) groups excluding carboxylic acids is 3. The quantitative estimate of drug-likeness (QED) is 0.724. The maximum absolute atomic E-state index is 12.7. The van der Waals surface area contributed by atoms with Crippen molar-refractivity contribution in [1.29, 1.82) is 0 Å². The van der Waals surface area contributed by atoms with Crippen LogP contribution in [0.5, 0.6) is 0 Å². The molecule has 6 heteroatoms. The van der Waals surface area contributed by atoms with Crippen molar-refractivity contribution < 1.29 is 29.0 Å². The number of Topliss-reactive ketones (excluding diaryl/α,β-unsaturated/α-hetero) is 1. The van der Waals surface area contributed by atoms with Crippen molar-refractivity contribution in [2.75, 3.05) is 6.61 Å². The number of rotatable bonds is 3. The summed E-state index contributed by atoms with van der Waals surface area (Å²) < 4.78 is 11.3. The first-order valence-electron chi connectivity index (χ1n) is 11.2. The highest BCUT2D eigenvalue weighted by Gasteiger charge is 2.69. The van der Waals surface area contributed by atoms with Gasteiger partial charge in [-0.3, -0.25) is 14.4 Å². The molecule has 4 aliphatic rings. The predicted molar refractivity (Wildman–Crippen MR) is 105 cm³/mol. The highest BCUT2D eigenvalue weighted by molar-refractivity contribution is 5.87. The molecule has 0 amide bonds. The summed E-state index contributed by atoms with van der Waals surface area (Å²) in [5.74, 6) is 0.211. The van der Waals surface area contributed by atoms with Gasteiger partial charge in [-0.2, -0.15) is 0 Å². The fraction of sp³-hybridized carbons (Fsp3) is 0.870. The van der Waals surface area contributed by atoms with Crippen LogP contribution in [0.3, 0.4) is 0 Å². The summed E-state index contributed by atoms with van der Waals surface area (Å²) in [6, 6.07) is 0. The van der Waals surface area contributed by atoms with Crippen molar-refractivity contribution in [3.8, 4) is 0 Å². The van der Waals surface area contributed by atoms with E-state index in [0.717, 1.165) is 38.5 Å². The highest BCUT2D eigenvalue weighted by Crippen LogP contribution is 2.67. The van der Waals surface area contributed by atoms with Crippen LogP contribution in [-0.4, -0.2) is 41.1 Å². The molecule has 7 atom stereocenters. The van der Waals surface area contributed by atoms with Crippen LogP contribution in [0.4, 0.5) is 0 Å². The number of hydrogen-bond donors (Lipinski definition) is 1. The molecule has 4 saturated carbocycles. The Morgan fingerprint density at radius 2 is 1.79 bits per heavy atom. The summed E-state index contributed by atoms with van der Waals surface area (Å²) in [6.45, 7) is 5.05. The van der Waals surface area contributed by atoms with E-state index in [4.69, 9.17) is 9.47 Å². The fourth-order valence-corrected chi connectivity index (χ4v) is 7.68. The first-order chi connectivity index (χ1) is 13.6. The smallest absolute Gasteiger partial charge is 0.303 e. The zero-order valence-corrected chi connectivity index (χ0v) is 17.9. The average molecular weight is 407 g/mol. The molecule has 0 heterocycles. The SMILES string of the molecule is CC(=O)OC[C@]12CCCC[C@]1(O)[C@@H](OC(C)=O)C[C@@H]1[C@@H]2CC[C@]2(C)C(=O)CC[C@@H]12. The first-order valence-corrected chi connectivity index (χ1v) is 11.2. The van der Waals surface area contributed by atoms with E-state index < -0.39 is 23.1 Å². The minimum Gasteiger partial charge on any atom is -0.465 e. The largest absolute Gasteiger partial charge is 0.465 e. The molecule has 0 radical (unpaired) electrons. The van der Waals surface area contributed by atoms with Crippen molar-refractivity contribution in [2.45, 2.75) is 90.3 Å². The Bertz CT molecular complexity index is 718. The molecule has 0 aromatic carbocycles. The minimum absolute atomic E-state index is 0.162. The normalized spacial score (nSPS) is 46.3. The van der Waals surface area contributed by atoms with Gasteiger partial charge < -0.3 is 14.6 Å². The van der Waals surface area contributed by atoms with E-state index in [-0.39, 0.29) is 35.7 Å². The van der Waals surface area contributed by atoms with Crippen molar-refractivity contribution in [3.05, 3.63) is 0 Å². The van der Waals surface area contributed by atoms with Gasteiger partial charge in [0.05, 0.1) is 0 Å². The van der Waals surface area contributed by atoms with E-state index in [1.165, 1.54) is 13.8 Å². The van der Waals surface area contributed by atoms with Gasteiger partial charge in [0.2, 0.25) is 0 Å². The maximum Gasteiger partial charge on any atom is 0.303 e. The molecule has 4 aliphatic carbocycles. The number of aliphatic hydroxyl groups is 1. The van der Waals surface area contributed by atoms with Gasteiger partial charge in [0, 0.05) is 31.1 Å². The van der Waals surface area contributed by atoms with Crippen LogP contribution in [-0.2, 0) is 23.9 Å². The Morgan fingerprint density at radius 3 is 2.48 bits per heavy atom. The Hall–Kier alpha value is -1.43. The van der Waals surface area contributed by atoms with Crippen molar-refractivity contribution in [3.63, 3.8) is 0 Å². The summed E-state index contributed by atoms with van der Waals surface area (Å²) >= 11 is 0. The Balaban J connectivity index is 1.78. The molecule has 0 aliphatic heterocycles. The summed E-state index contributed by atoms with van der Waals surface area (Å²) in [5.41, 5.74) is -2.12. The third kappa shape index (κ3) is 2.96. The Kier molecular flexibility index (Phi) is 5.08. The number of fused-ring (bicyclic) bond motifs is 5. The van der Waals surface area contributed by atoms with Crippen molar-refractivity contribution in [1.82, 2.24) is 0 Å². The number of ketones is 1. The second-order valence-electron chi connectivity index (χ2n) is 10.2. The predicted octanol–water partition coefficient (Wildman–Crippen LogP) is 3.19. The maximum atomic E-state index is 12.7. The lowest BCUT2D eigenvalue weighted by molar-refractivity contribution is -0.274. The molecule has 0 bridgehead atoms. The topological polar surface area (TPSA) is 89.9 Å². The summed E-state index contributed by atoms with van der Waals surface area (Å²) in [5, 5.41) is 12.0. The molecule has 1 N–H and O–H groups in total. The molecule has 0 aromatic rings. The van der Waals surface area contributed by atoms with Gasteiger partial charge in [0.25, 0.3) is 0 Å². The lowest BCUT2D eigenvalue weighted by Crippen LogP contribution is -2.70. The van der Waals surface area contributed by atoms with E-state index >= 15 is 0 Å². The van der Waals surface area contributed by atoms with Gasteiger partial charge in [-0.05, 0) is 56.3 Å². The Labute approximate surface area is 172 Å². The molecule has 0 spiro atoms. The average Bonchev–Trinajstić information content (AvgIpc) is 2.95. The van der Waals surface area contributed by atoms with Crippen molar-refractivity contribution in [2.24, 2.45) is 28.6 Å². The number of hydrogen-bond acceptors (Lipinski definition) is 6. The van der Waals surface area contributed by atoms with Crippen LogP contribution in [0, 0.1) is 28.6 Å². The van der Waals surface area contributed by atoms with Gasteiger partial charge in [0.1, 0.15) is 24.1 Å². The monoisotopic (exact) mass is 406 g/mol. The molecular weight excluding hydrogens is 372 g/mol. The molecule has 0 aromatic heterocycles. The van der Waals surface area contributed by atoms with Crippen LogP contribution in [0.2, 0.25) is 0 Å². The van der Waals surface area contributed by atoms with Crippen LogP contribution >= 0.6 is 0 Å². The number of esters is 2. The molecule has 0 unspecified atom stereocenters. The van der Waals surface area contributed by atoms with Crippen molar-refractivity contribution >= 4 is 17.7 Å². The summed E-state index contributed by atoms with van der Waals surface area (Å²) in [7, 11) is 0. The molecule has 4 fully saturated rings. The van der Waals surface area contributed by atoms with Gasteiger partial charge >= 0.3 is 11.9 Å². The Morgan fingerprint density at radius 1 is 1.07 bits per heavy atom. The molecule has 162 valence electrons. The van der Waals surface area contributed by atoms with Gasteiger partial charge in [0.15, 0.2) is 0 Å². The minimum atomic E-state index is -1.19. The van der Waals surface area contributed by atoms with Crippen LogP contribution < -0.4 is 0 Å². The second-order valence-corrected chi connectivity index (χ2v) is 10.2. The van der Waals surface area contributed by atoms with E-state index in [1.807, 2.05) is 0 Å². The number of ether oxygens (including phenoxy) is 2. The zero-order valence-electron chi connectivity index (χ0n) is 17.9. The van der Waals surface area contributed by atoms with E-state index in [1.54, 1.807) is 0 Å². The summed E-state index contributed by atoms with van der Waals surface area (Å²) in [4.78, 5) is 36.4. The molecule has 6 nitrogen and oxygen atoms in total. The van der Waals surface area contributed by atoms with E-state index in [9.17, 15) is 19.5 Å². The lowest BCUT2D eigenvalue weighted by atomic mass is 9.42. The zero-order chi connectivity index (χ0) is 21.0. The first kappa shape index (κ1) is 20.8. The third-order valence-corrected chi connectivity index (χ3v) is 9.01.